The monoisotopic (exact) mass is 191 g/mol. The van der Waals surface area contributed by atoms with Crippen molar-refractivity contribution in [1.29, 1.82) is 0 Å². The molecule has 0 spiro atoms. The molecule has 3 nitrogen and oxygen atoms in total. The largest absolute Gasteiger partial charge is 0.370 e. The van der Waals surface area contributed by atoms with Gasteiger partial charge in [0, 0.05) is 18.8 Å². The first-order valence-electron chi connectivity index (χ1n) is 4.61. The lowest BCUT2D eigenvalue weighted by atomic mass is 10.0. The van der Waals surface area contributed by atoms with E-state index in [4.69, 9.17) is 5.73 Å². The van der Waals surface area contributed by atoms with Crippen LogP contribution in [0.4, 0.5) is 0 Å². The van der Waals surface area contributed by atoms with Crippen molar-refractivity contribution in [2.75, 3.05) is 0 Å². The smallest absolute Gasteiger partial charge is 0.217 e. The van der Waals surface area contributed by atoms with Crippen molar-refractivity contribution in [2.45, 2.75) is 26.7 Å². The van der Waals surface area contributed by atoms with Crippen molar-refractivity contribution >= 4 is 5.91 Å². The summed E-state index contributed by atoms with van der Waals surface area (Å²) in [6.07, 6.45) is 6.68. The summed E-state index contributed by atoms with van der Waals surface area (Å²) in [5.41, 5.74) is 8.60. The molecule has 0 fully saturated rings. The molecule has 1 aromatic heterocycles. The van der Waals surface area contributed by atoms with Crippen LogP contribution >= 0.6 is 0 Å². The predicted molar refractivity (Wildman–Crippen MR) is 55.5 cm³/mol. The summed E-state index contributed by atoms with van der Waals surface area (Å²) in [6, 6.07) is 0. The molecule has 1 rings (SSSR count). The highest BCUT2D eigenvalue weighted by Gasteiger charge is 2.03. The molecule has 1 aromatic rings. The molecule has 1 radical (unpaired) electrons. The number of hydrogen-bond acceptors (Lipinski definition) is 2. The molecule has 1 heterocycles. The molecular weight excluding hydrogens is 176 g/mol. The minimum absolute atomic E-state index is 0.283. The van der Waals surface area contributed by atoms with Crippen LogP contribution in [0.25, 0.3) is 0 Å². The number of nitrogens with two attached hydrogens (primary N) is 1. The number of nitrogens with zero attached hydrogens (tertiary/aromatic N) is 1. The number of carbonyl (C=O) groups is 1. The number of rotatable bonds is 4. The Morgan fingerprint density at radius 3 is 2.50 bits per heavy atom. The van der Waals surface area contributed by atoms with Gasteiger partial charge in [-0.25, -0.2) is 0 Å². The summed E-state index contributed by atoms with van der Waals surface area (Å²) >= 11 is 0. The van der Waals surface area contributed by atoms with E-state index in [0.717, 1.165) is 17.5 Å². The van der Waals surface area contributed by atoms with Crippen LogP contribution in [0.5, 0.6) is 0 Å². The number of amides is 1. The van der Waals surface area contributed by atoms with Gasteiger partial charge in [-0.05, 0) is 43.4 Å². The fraction of sp³-hybridized carbons (Fsp3) is 0.364. The topological polar surface area (TPSA) is 56.0 Å². The normalized spacial score (nSPS) is 10.1. The summed E-state index contributed by atoms with van der Waals surface area (Å²) < 4.78 is 0. The third-order valence-corrected chi connectivity index (χ3v) is 2.18. The van der Waals surface area contributed by atoms with Crippen LogP contribution in [-0.4, -0.2) is 10.9 Å². The molecule has 1 amide bonds. The van der Waals surface area contributed by atoms with Gasteiger partial charge in [0.15, 0.2) is 0 Å². The fourth-order valence-corrected chi connectivity index (χ4v) is 1.41. The van der Waals surface area contributed by atoms with E-state index in [2.05, 4.69) is 4.98 Å². The van der Waals surface area contributed by atoms with Gasteiger partial charge in [0.25, 0.3) is 0 Å². The minimum atomic E-state index is -0.283. The third-order valence-electron chi connectivity index (χ3n) is 2.18. The number of hydrogen-bond donors (Lipinski definition) is 1. The van der Waals surface area contributed by atoms with Crippen LogP contribution in [0, 0.1) is 20.3 Å². The zero-order valence-corrected chi connectivity index (χ0v) is 8.58. The van der Waals surface area contributed by atoms with Gasteiger partial charge in [-0.2, -0.15) is 0 Å². The van der Waals surface area contributed by atoms with E-state index in [1.54, 1.807) is 0 Å². The Kier molecular flexibility index (Phi) is 3.63. The van der Waals surface area contributed by atoms with Crippen LogP contribution in [-0.2, 0) is 11.2 Å². The highest BCUT2D eigenvalue weighted by molar-refractivity contribution is 5.74. The van der Waals surface area contributed by atoms with Crippen molar-refractivity contribution in [3.8, 4) is 0 Å². The van der Waals surface area contributed by atoms with E-state index in [1.165, 1.54) is 5.56 Å². The first-order valence-corrected chi connectivity index (χ1v) is 4.61. The Bertz CT molecular complexity index is 314. The van der Waals surface area contributed by atoms with E-state index >= 15 is 0 Å². The van der Waals surface area contributed by atoms with E-state index < -0.39 is 0 Å². The highest BCUT2D eigenvalue weighted by Crippen LogP contribution is 2.13. The van der Waals surface area contributed by atoms with Gasteiger partial charge in [0.05, 0.1) is 0 Å². The van der Waals surface area contributed by atoms with E-state index in [9.17, 15) is 4.79 Å². The van der Waals surface area contributed by atoms with Crippen LogP contribution in [0.2, 0.25) is 0 Å². The number of pyridine rings is 1. The Balaban J connectivity index is 2.62. The van der Waals surface area contributed by atoms with Crippen LogP contribution < -0.4 is 5.73 Å². The van der Waals surface area contributed by atoms with Gasteiger partial charge in [-0.3, -0.25) is 9.78 Å². The first-order chi connectivity index (χ1) is 6.61. The minimum Gasteiger partial charge on any atom is -0.370 e. The second-order valence-electron chi connectivity index (χ2n) is 3.42. The number of carbonyl (C=O) groups excluding carboxylic acids is 1. The van der Waals surface area contributed by atoms with Crippen molar-refractivity contribution < 1.29 is 4.79 Å². The fourth-order valence-electron chi connectivity index (χ4n) is 1.41. The van der Waals surface area contributed by atoms with Gasteiger partial charge < -0.3 is 5.73 Å². The predicted octanol–water partition coefficient (Wildman–Crippen LogP) is 1.32. The molecule has 3 heteroatoms. The molecule has 0 aliphatic rings. The van der Waals surface area contributed by atoms with Gasteiger partial charge >= 0.3 is 0 Å². The molecule has 0 aliphatic heterocycles. The van der Waals surface area contributed by atoms with Crippen molar-refractivity contribution in [1.82, 2.24) is 4.98 Å². The Morgan fingerprint density at radius 2 is 2.00 bits per heavy atom. The van der Waals surface area contributed by atoms with Crippen molar-refractivity contribution in [3.05, 3.63) is 35.5 Å². The quantitative estimate of drug-likeness (QED) is 0.780. The van der Waals surface area contributed by atoms with Crippen molar-refractivity contribution in [3.63, 3.8) is 0 Å². The summed E-state index contributed by atoms with van der Waals surface area (Å²) in [5.74, 6) is -0.283. The molecule has 0 aliphatic carbocycles. The summed E-state index contributed by atoms with van der Waals surface area (Å²) in [7, 11) is 0. The lowest BCUT2D eigenvalue weighted by molar-refractivity contribution is -0.117. The number of aryl methyl sites for hydroxylation is 2. The van der Waals surface area contributed by atoms with Crippen LogP contribution in [0.1, 0.15) is 23.1 Å². The Hall–Kier alpha value is -1.38. The standard InChI is InChI=1S/C11H15N2O/c1-8-6-13-7-9(2)10(8)4-3-5-11(12)14/h3,6-7H,4-5H2,1-2H3,(H2,12,14). The molecule has 0 atom stereocenters. The average molecular weight is 191 g/mol. The van der Waals surface area contributed by atoms with Gasteiger partial charge in [0.1, 0.15) is 0 Å². The Labute approximate surface area is 84.3 Å². The molecule has 75 valence electrons. The SMILES string of the molecule is Cc1cncc(C)c1C[CH]CC(N)=O. The summed E-state index contributed by atoms with van der Waals surface area (Å²) in [6.45, 7) is 4.04. The molecule has 0 saturated carbocycles. The third kappa shape index (κ3) is 2.83. The number of primary amides is 1. The maximum atomic E-state index is 10.5. The van der Waals surface area contributed by atoms with E-state index in [0.29, 0.717) is 6.42 Å². The van der Waals surface area contributed by atoms with E-state index in [-0.39, 0.29) is 5.91 Å². The zero-order valence-electron chi connectivity index (χ0n) is 8.58. The van der Waals surface area contributed by atoms with Crippen LogP contribution in [0.15, 0.2) is 12.4 Å². The zero-order chi connectivity index (χ0) is 10.6. The molecular formula is C11H15N2O. The average Bonchev–Trinajstić information content (AvgIpc) is 2.09. The molecule has 2 N–H and O–H groups in total. The maximum absolute atomic E-state index is 10.5. The lowest BCUT2D eigenvalue weighted by Crippen LogP contribution is -2.11. The number of aromatic nitrogens is 1. The van der Waals surface area contributed by atoms with Gasteiger partial charge in [0.2, 0.25) is 5.91 Å². The molecule has 0 aromatic carbocycles. The highest BCUT2D eigenvalue weighted by atomic mass is 16.1. The molecule has 0 saturated heterocycles. The lowest BCUT2D eigenvalue weighted by Gasteiger charge is -2.07. The van der Waals surface area contributed by atoms with E-state index in [1.807, 2.05) is 32.7 Å². The second kappa shape index (κ2) is 4.74. The second-order valence-corrected chi connectivity index (χ2v) is 3.42. The summed E-state index contributed by atoms with van der Waals surface area (Å²) in [5, 5.41) is 0. The summed E-state index contributed by atoms with van der Waals surface area (Å²) in [4.78, 5) is 14.6. The Morgan fingerprint density at radius 1 is 1.43 bits per heavy atom. The molecule has 0 bridgehead atoms. The van der Waals surface area contributed by atoms with Gasteiger partial charge in [-0.15, -0.1) is 0 Å². The van der Waals surface area contributed by atoms with Crippen LogP contribution in [0.3, 0.4) is 0 Å². The maximum Gasteiger partial charge on any atom is 0.217 e. The molecule has 0 unspecified atom stereocenters. The van der Waals surface area contributed by atoms with Crippen molar-refractivity contribution in [2.24, 2.45) is 5.73 Å². The molecule has 14 heavy (non-hydrogen) atoms. The first kappa shape index (κ1) is 10.7. The van der Waals surface area contributed by atoms with Gasteiger partial charge in [-0.1, -0.05) is 0 Å².